The highest BCUT2D eigenvalue weighted by atomic mass is 19.4. The van der Waals surface area contributed by atoms with E-state index in [4.69, 9.17) is 0 Å². The molecule has 0 heterocycles. The lowest BCUT2D eigenvalue weighted by Crippen LogP contribution is -2.23. The predicted octanol–water partition coefficient (Wildman–Crippen LogP) is 1.93. The molecular formula is C11H8F3O2-. The number of carbonyl (C=O) groups is 1. The Kier molecular flexibility index (Phi) is 3.07. The Hall–Kier alpha value is -1.78. The highest BCUT2D eigenvalue weighted by Gasteiger charge is 2.32. The van der Waals surface area contributed by atoms with Crippen molar-refractivity contribution >= 4 is 11.5 Å². The Labute approximate surface area is 90.0 Å². The van der Waals surface area contributed by atoms with Gasteiger partial charge < -0.3 is 9.90 Å². The summed E-state index contributed by atoms with van der Waals surface area (Å²) in [5, 5.41) is 10.5. The van der Waals surface area contributed by atoms with E-state index in [2.05, 4.69) is 6.58 Å². The van der Waals surface area contributed by atoms with Gasteiger partial charge >= 0.3 is 6.18 Å². The lowest BCUT2D eigenvalue weighted by molar-refractivity contribution is -0.255. The van der Waals surface area contributed by atoms with Crippen LogP contribution in [0.3, 0.4) is 0 Å². The van der Waals surface area contributed by atoms with Crippen molar-refractivity contribution in [1.82, 2.24) is 0 Å². The maximum absolute atomic E-state index is 12.3. The minimum absolute atomic E-state index is 0.126. The fourth-order valence-electron chi connectivity index (χ4n) is 1.24. The van der Waals surface area contributed by atoms with Crippen LogP contribution in [0.4, 0.5) is 13.2 Å². The van der Waals surface area contributed by atoms with Gasteiger partial charge in [0.1, 0.15) is 0 Å². The van der Waals surface area contributed by atoms with Gasteiger partial charge in [-0.15, -0.1) is 0 Å². The monoisotopic (exact) mass is 229 g/mol. The van der Waals surface area contributed by atoms with E-state index >= 15 is 0 Å². The first-order valence-corrected chi connectivity index (χ1v) is 4.32. The summed E-state index contributed by atoms with van der Waals surface area (Å²) in [6, 6.07) is 3.27. The van der Waals surface area contributed by atoms with Crippen molar-refractivity contribution in [1.29, 1.82) is 0 Å². The molecule has 0 atom stereocenters. The SMILES string of the molecule is C=C(c1ccc(C(=O)[O-])c(C)c1)C(F)(F)F. The van der Waals surface area contributed by atoms with E-state index in [-0.39, 0.29) is 16.7 Å². The normalized spacial score (nSPS) is 11.2. The van der Waals surface area contributed by atoms with Crippen LogP contribution in [0.25, 0.3) is 5.57 Å². The Balaban J connectivity index is 3.17. The highest BCUT2D eigenvalue weighted by molar-refractivity contribution is 5.88. The number of aromatic carboxylic acids is 1. The number of halogens is 3. The zero-order chi connectivity index (χ0) is 12.5. The molecular weight excluding hydrogens is 221 g/mol. The van der Waals surface area contributed by atoms with Gasteiger partial charge in [0.2, 0.25) is 0 Å². The van der Waals surface area contributed by atoms with E-state index in [0.717, 1.165) is 18.2 Å². The summed E-state index contributed by atoms with van der Waals surface area (Å²) < 4.78 is 36.9. The van der Waals surface area contributed by atoms with Gasteiger partial charge in [-0.1, -0.05) is 24.8 Å². The molecule has 0 bridgehead atoms. The van der Waals surface area contributed by atoms with Crippen molar-refractivity contribution in [2.45, 2.75) is 13.1 Å². The first kappa shape index (κ1) is 12.3. The molecule has 0 spiro atoms. The molecule has 0 saturated carbocycles. The molecule has 16 heavy (non-hydrogen) atoms. The number of hydrogen-bond acceptors (Lipinski definition) is 2. The average molecular weight is 229 g/mol. The van der Waals surface area contributed by atoms with Crippen molar-refractivity contribution in [2.75, 3.05) is 0 Å². The van der Waals surface area contributed by atoms with Gasteiger partial charge in [-0.2, -0.15) is 13.2 Å². The van der Waals surface area contributed by atoms with Crippen LogP contribution in [-0.4, -0.2) is 12.1 Å². The first-order chi connectivity index (χ1) is 7.23. The fraction of sp³-hybridized carbons (Fsp3) is 0.182. The zero-order valence-electron chi connectivity index (χ0n) is 8.39. The molecule has 0 aromatic heterocycles. The number of allylic oxidation sites excluding steroid dienone is 1. The Morgan fingerprint density at radius 3 is 2.31 bits per heavy atom. The molecule has 5 heteroatoms. The summed E-state index contributed by atoms with van der Waals surface area (Å²) in [5.74, 6) is -1.42. The first-order valence-electron chi connectivity index (χ1n) is 4.32. The molecule has 0 amide bonds. The summed E-state index contributed by atoms with van der Waals surface area (Å²) >= 11 is 0. The number of carbonyl (C=O) groups excluding carboxylic acids is 1. The molecule has 0 N–H and O–H groups in total. The highest BCUT2D eigenvalue weighted by Crippen LogP contribution is 2.32. The van der Waals surface area contributed by atoms with Gasteiger partial charge in [0.25, 0.3) is 0 Å². The van der Waals surface area contributed by atoms with Crippen LogP contribution in [-0.2, 0) is 0 Å². The standard InChI is InChI=1S/C11H9F3O2/c1-6-5-8(7(2)11(12,13)14)3-4-9(6)10(15)16/h3-5H,2H2,1H3,(H,15,16)/p-1. The van der Waals surface area contributed by atoms with Gasteiger partial charge in [0.05, 0.1) is 11.5 Å². The minimum Gasteiger partial charge on any atom is -0.545 e. The third kappa shape index (κ3) is 2.42. The summed E-state index contributed by atoms with van der Waals surface area (Å²) in [5.41, 5.74) is -1.06. The summed E-state index contributed by atoms with van der Waals surface area (Å²) in [7, 11) is 0. The Bertz CT molecular complexity index is 447. The smallest absolute Gasteiger partial charge is 0.416 e. The maximum atomic E-state index is 12.3. The predicted molar refractivity (Wildman–Crippen MR) is 50.6 cm³/mol. The van der Waals surface area contributed by atoms with Gasteiger partial charge in [-0.25, -0.2) is 0 Å². The lowest BCUT2D eigenvalue weighted by Gasteiger charge is -2.13. The molecule has 1 aromatic carbocycles. The lowest BCUT2D eigenvalue weighted by atomic mass is 10.0. The second kappa shape index (κ2) is 4.00. The molecule has 1 aromatic rings. The molecule has 1 rings (SSSR count). The molecule has 86 valence electrons. The van der Waals surface area contributed by atoms with E-state index in [0.29, 0.717) is 0 Å². The van der Waals surface area contributed by atoms with Crippen LogP contribution in [0.2, 0.25) is 0 Å². The molecule has 0 unspecified atom stereocenters. The van der Waals surface area contributed by atoms with E-state index in [1.54, 1.807) is 0 Å². The number of benzene rings is 1. The van der Waals surface area contributed by atoms with Crippen LogP contribution in [0.15, 0.2) is 24.8 Å². The number of hydrogen-bond donors (Lipinski definition) is 0. The minimum atomic E-state index is -4.52. The van der Waals surface area contributed by atoms with Gasteiger partial charge in [0, 0.05) is 5.56 Å². The maximum Gasteiger partial charge on any atom is 0.416 e. The molecule has 0 radical (unpaired) electrons. The van der Waals surface area contributed by atoms with Crippen LogP contribution < -0.4 is 5.11 Å². The van der Waals surface area contributed by atoms with Crippen molar-refractivity contribution in [3.8, 4) is 0 Å². The van der Waals surface area contributed by atoms with E-state index < -0.39 is 17.7 Å². The number of aryl methyl sites for hydroxylation is 1. The summed E-state index contributed by atoms with van der Waals surface area (Å²) in [4.78, 5) is 10.5. The summed E-state index contributed by atoms with van der Waals surface area (Å²) in [6.07, 6.45) is -4.52. The third-order valence-corrected chi connectivity index (χ3v) is 2.14. The zero-order valence-corrected chi connectivity index (χ0v) is 8.39. The van der Waals surface area contributed by atoms with Gasteiger partial charge in [0.15, 0.2) is 0 Å². The van der Waals surface area contributed by atoms with Crippen LogP contribution >= 0.6 is 0 Å². The quantitative estimate of drug-likeness (QED) is 0.777. The van der Waals surface area contributed by atoms with Crippen LogP contribution in [0.5, 0.6) is 0 Å². The van der Waals surface area contributed by atoms with E-state index in [1.807, 2.05) is 0 Å². The molecule has 2 nitrogen and oxygen atoms in total. The number of carboxylic acid groups (broad SMARTS) is 1. The van der Waals surface area contributed by atoms with Gasteiger partial charge in [-0.3, -0.25) is 0 Å². The second-order valence-corrected chi connectivity index (χ2v) is 3.29. The Morgan fingerprint density at radius 1 is 1.38 bits per heavy atom. The molecule has 0 fully saturated rings. The molecule has 0 saturated heterocycles. The number of carboxylic acids is 1. The van der Waals surface area contributed by atoms with E-state index in [1.165, 1.54) is 6.92 Å². The Morgan fingerprint density at radius 2 is 1.94 bits per heavy atom. The van der Waals surface area contributed by atoms with Crippen molar-refractivity contribution in [2.24, 2.45) is 0 Å². The largest absolute Gasteiger partial charge is 0.545 e. The molecule has 0 aliphatic rings. The van der Waals surface area contributed by atoms with Crippen molar-refractivity contribution < 1.29 is 23.1 Å². The van der Waals surface area contributed by atoms with Crippen molar-refractivity contribution in [3.63, 3.8) is 0 Å². The third-order valence-electron chi connectivity index (χ3n) is 2.14. The number of rotatable bonds is 2. The molecule has 0 aliphatic heterocycles. The second-order valence-electron chi connectivity index (χ2n) is 3.29. The van der Waals surface area contributed by atoms with Crippen LogP contribution in [0.1, 0.15) is 21.5 Å². The summed E-state index contributed by atoms with van der Waals surface area (Å²) in [6.45, 7) is 4.32. The van der Waals surface area contributed by atoms with Gasteiger partial charge in [-0.05, 0) is 18.1 Å². The topological polar surface area (TPSA) is 40.1 Å². The number of alkyl halides is 3. The van der Waals surface area contributed by atoms with Crippen molar-refractivity contribution in [3.05, 3.63) is 41.5 Å². The molecule has 0 aliphatic carbocycles. The van der Waals surface area contributed by atoms with E-state index in [9.17, 15) is 23.1 Å². The fourth-order valence-corrected chi connectivity index (χ4v) is 1.24. The average Bonchev–Trinajstić information content (AvgIpc) is 2.14. The van der Waals surface area contributed by atoms with Crippen LogP contribution in [0, 0.1) is 6.92 Å².